The molecule has 1 rings (SSSR count). The summed E-state index contributed by atoms with van der Waals surface area (Å²) in [6, 6.07) is 3.33. The third kappa shape index (κ3) is 2.76. The molecule has 1 atom stereocenters. The fourth-order valence-corrected chi connectivity index (χ4v) is 1.06. The molecule has 13 heavy (non-hydrogen) atoms. The average Bonchev–Trinajstić information content (AvgIpc) is 2.18. The summed E-state index contributed by atoms with van der Waals surface area (Å²) in [5.74, 6) is 0.596. The van der Waals surface area contributed by atoms with Crippen LogP contribution in [-0.2, 0) is 4.74 Å². The minimum absolute atomic E-state index is 0.0496. The van der Waals surface area contributed by atoms with E-state index in [1.54, 1.807) is 18.3 Å². The number of ketones is 1. The largest absolute Gasteiger partial charge is 0.377 e. The number of anilines is 1. The first-order valence-electron chi connectivity index (χ1n) is 3.72. The lowest BCUT2D eigenvalue weighted by molar-refractivity contribution is 0.0848. The van der Waals surface area contributed by atoms with Gasteiger partial charge in [-0.2, -0.15) is 0 Å². The van der Waals surface area contributed by atoms with Gasteiger partial charge in [0, 0.05) is 18.9 Å². The summed E-state index contributed by atoms with van der Waals surface area (Å²) < 4.78 is 4.74. The van der Waals surface area contributed by atoms with Gasteiger partial charge >= 0.3 is 0 Å². The van der Waals surface area contributed by atoms with Gasteiger partial charge in [-0.05, 0) is 21.5 Å². The van der Waals surface area contributed by atoms with Crippen molar-refractivity contribution in [2.24, 2.45) is 0 Å². The van der Waals surface area contributed by atoms with Crippen molar-refractivity contribution in [1.82, 2.24) is 4.98 Å². The summed E-state index contributed by atoms with van der Waals surface area (Å²) in [5.41, 5.74) is 0.599. The maximum absolute atomic E-state index is 11.3. The lowest BCUT2D eigenvalue weighted by Crippen LogP contribution is -2.07. The summed E-state index contributed by atoms with van der Waals surface area (Å²) in [6.07, 6.45) is 1.58. The van der Waals surface area contributed by atoms with Crippen LogP contribution in [0.3, 0.4) is 0 Å². The molecule has 0 radical (unpaired) electrons. The Morgan fingerprint density at radius 3 is 3.15 bits per heavy atom. The minimum Gasteiger partial charge on any atom is -0.377 e. The summed E-state index contributed by atoms with van der Waals surface area (Å²) in [7, 11) is 3.81. The highest BCUT2D eigenvalue weighted by Crippen LogP contribution is 2.08. The fraction of sp³-hybridized carbons (Fsp3) is 0.250. The first-order valence-corrected chi connectivity index (χ1v) is 4.30. The Hall–Kier alpha value is -0.990. The third-order valence-corrected chi connectivity index (χ3v) is 1.80. The molecule has 1 heterocycles. The second-order valence-corrected chi connectivity index (χ2v) is 2.72. The smallest absolute Gasteiger partial charge is 0.188 e. The number of hydrogen-bond donors (Lipinski definition) is 1. The Labute approximate surface area is 79.0 Å². The van der Waals surface area contributed by atoms with Gasteiger partial charge in [0.25, 0.3) is 0 Å². The molecule has 0 aromatic carbocycles. The van der Waals surface area contributed by atoms with Crippen LogP contribution in [0.25, 0.3) is 0 Å². The van der Waals surface area contributed by atoms with Crippen molar-refractivity contribution < 1.29 is 9.53 Å². The first-order chi connectivity index (χ1) is 6.27. The lowest BCUT2D eigenvalue weighted by Gasteiger charge is -2.01. The van der Waals surface area contributed by atoms with Gasteiger partial charge in [-0.15, -0.1) is 0 Å². The number of carbonyl (C=O) groups excluding carboxylic acids is 1. The van der Waals surface area contributed by atoms with Crippen LogP contribution in [0, 0.1) is 0 Å². The monoisotopic (exact) mass is 198 g/mol. The highest BCUT2D eigenvalue weighted by Gasteiger charge is 2.05. The number of carbonyl (C=O) groups is 1. The van der Waals surface area contributed by atoms with Gasteiger partial charge in [-0.3, -0.25) is 4.79 Å². The third-order valence-electron chi connectivity index (χ3n) is 1.51. The SMILES string of the molecule is COCC(=O)c1ccnc(NP)c1. The highest BCUT2D eigenvalue weighted by atomic mass is 31.0. The standard InChI is InChI=1S/C8H11N2O2P/c1-12-5-7(11)6-2-3-9-8(4-6)10-13/h2-4H,5,13H2,1H3,(H,9,10). The number of rotatable bonds is 4. The predicted octanol–water partition coefficient (Wildman–Crippen LogP) is 1.11. The molecule has 0 fully saturated rings. The van der Waals surface area contributed by atoms with Crippen LogP contribution < -0.4 is 5.09 Å². The molecular formula is C8H11N2O2P. The molecule has 0 aliphatic rings. The Bertz CT molecular complexity index is 304. The van der Waals surface area contributed by atoms with E-state index in [4.69, 9.17) is 4.74 Å². The van der Waals surface area contributed by atoms with Gasteiger partial charge in [0.15, 0.2) is 5.78 Å². The number of Topliss-reactive ketones (excluding diaryl/α,β-unsaturated/α-hetero) is 1. The maximum Gasteiger partial charge on any atom is 0.188 e. The molecule has 0 spiro atoms. The molecule has 1 N–H and O–H groups in total. The lowest BCUT2D eigenvalue weighted by atomic mass is 10.2. The van der Waals surface area contributed by atoms with Crippen LogP contribution in [0.2, 0.25) is 0 Å². The topological polar surface area (TPSA) is 51.2 Å². The number of nitrogens with zero attached hydrogens (tertiary/aromatic N) is 1. The quantitative estimate of drug-likeness (QED) is 0.581. The number of nitrogens with one attached hydrogen (secondary N) is 1. The molecule has 0 saturated carbocycles. The molecule has 5 heteroatoms. The molecule has 70 valence electrons. The van der Waals surface area contributed by atoms with E-state index in [0.717, 1.165) is 0 Å². The summed E-state index contributed by atoms with van der Waals surface area (Å²) in [4.78, 5) is 15.3. The van der Waals surface area contributed by atoms with Crippen molar-refractivity contribution in [3.8, 4) is 0 Å². The van der Waals surface area contributed by atoms with Gasteiger partial charge in [-0.25, -0.2) is 4.98 Å². The van der Waals surface area contributed by atoms with Crippen LogP contribution >= 0.6 is 9.39 Å². The Balaban J connectivity index is 2.82. The number of ether oxygens (including phenoxy) is 1. The van der Waals surface area contributed by atoms with Crippen molar-refractivity contribution in [3.05, 3.63) is 23.9 Å². The van der Waals surface area contributed by atoms with Crippen molar-refractivity contribution in [3.63, 3.8) is 0 Å². The summed E-state index contributed by atoms with van der Waals surface area (Å²) in [6.45, 7) is 0.0975. The summed E-state index contributed by atoms with van der Waals surface area (Å²) >= 11 is 0. The maximum atomic E-state index is 11.3. The highest BCUT2D eigenvalue weighted by molar-refractivity contribution is 7.18. The minimum atomic E-state index is -0.0496. The Morgan fingerprint density at radius 2 is 2.54 bits per heavy atom. The van der Waals surface area contributed by atoms with Crippen molar-refractivity contribution in [2.45, 2.75) is 0 Å². The number of aromatic nitrogens is 1. The van der Waals surface area contributed by atoms with Crippen molar-refractivity contribution >= 4 is 21.0 Å². The zero-order chi connectivity index (χ0) is 9.68. The second-order valence-electron chi connectivity index (χ2n) is 2.43. The summed E-state index contributed by atoms with van der Waals surface area (Å²) in [5, 5.41) is 2.78. The zero-order valence-corrected chi connectivity index (χ0v) is 8.43. The molecular weight excluding hydrogens is 187 g/mol. The van der Waals surface area contributed by atoms with Crippen LogP contribution in [0.15, 0.2) is 18.3 Å². The van der Waals surface area contributed by atoms with E-state index < -0.39 is 0 Å². The van der Waals surface area contributed by atoms with Crippen LogP contribution in [0.4, 0.5) is 5.82 Å². The molecule has 0 bridgehead atoms. The second kappa shape index (κ2) is 4.90. The predicted molar refractivity (Wildman–Crippen MR) is 53.8 cm³/mol. The van der Waals surface area contributed by atoms with E-state index in [2.05, 4.69) is 19.5 Å². The van der Waals surface area contributed by atoms with Gasteiger partial charge in [-0.1, -0.05) is 0 Å². The van der Waals surface area contributed by atoms with E-state index in [-0.39, 0.29) is 12.4 Å². The van der Waals surface area contributed by atoms with E-state index in [1.807, 2.05) is 0 Å². The van der Waals surface area contributed by atoms with Crippen molar-refractivity contribution in [2.75, 3.05) is 18.8 Å². The van der Waals surface area contributed by atoms with E-state index >= 15 is 0 Å². The molecule has 0 aliphatic carbocycles. The molecule has 0 amide bonds. The molecule has 1 aromatic heterocycles. The number of pyridine rings is 1. The van der Waals surface area contributed by atoms with Crippen LogP contribution in [0.1, 0.15) is 10.4 Å². The number of methoxy groups -OCH3 is 1. The molecule has 1 aromatic rings. The van der Waals surface area contributed by atoms with Gasteiger partial charge in [0.1, 0.15) is 12.4 Å². The average molecular weight is 198 g/mol. The van der Waals surface area contributed by atoms with E-state index in [0.29, 0.717) is 11.4 Å². The molecule has 0 saturated heterocycles. The molecule has 1 unspecified atom stereocenters. The fourth-order valence-electron chi connectivity index (χ4n) is 0.897. The zero-order valence-electron chi connectivity index (χ0n) is 7.28. The Kier molecular flexibility index (Phi) is 3.80. The number of hydrogen-bond acceptors (Lipinski definition) is 4. The van der Waals surface area contributed by atoms with E-state index in [1.165, 1.54) is 7.11 Å². The van der Waals surface area contributed by atoms with Crippen molar-refractivity contribution in [1.29, 1.82) is 0 Å². The Morgan fingerprint density at radius 1 is 1.77 bits per heavy atom. The van der Waals surface area contributed by atoms with Crippen LogP contribution in [0.5, 0.6) is 0 Å². The van der Waals surface area contributed by atoms with E-state index in [9.17, 15) is 4.79 Å². The van der Waals surface area contributed by atoms with Gasteiger partial charge < -0.3 is 9.82 Å². The van der Waals surface area contributed by atoms with Crippen LogP contribution in [-0.4, -0.2) is 24.5 Å². The van der Waals surface area contributed by atoms with Gasteiger partial charge in [0.05, 0.1) is 0 Å². The first kappa shape index (κ1) is 10.1. The van der Waals surface area contributed by atoms with Gasteiger partial charge in [0.2, 0.25) is 0 Å². The molecule has 0 aliphatic heterocycles. The normalized spacial score (nSPS) is 9.69. The molecule has 4 nitrogen and oxygen atoms in total.